The molecule has 0 aromatic carbocycles. The minimum Gasteiger partial charge on any atom is -0.0958 e. The quantitative estimate of drug-likeness (QED) is 0.418. The number of rotatable bonds is 4. The summed E-state index contributed by atoms with van der Waals surface area (Å²) in [6.45, 7) is 17.4. The van der Waals surface area contributed by atoms with E-state index in [0.29, 0.717) is 21.7 Å². The van der Waals surface area contributed by atoms with Crippen molar-refractivity contribution in [2.24, 2.45) is 45.3 Å². The summed E-state index contributed by atoms with van der Waals surface area (Å²) in [6.07, 6.45) is 19.8. The van der Waals surface area contributed by atoms with Crippen molar-refractivity contribution in [2.75, 3.05) is 0 Å². The van der Waals surface area contributed by atoms with E-state index < -0.39 is 0 Å². The molecule has 4 fully saturated rings. The summed E-state index contributed by atoms with van der Waals surface area (Å²) in [5.41, 5.74) is 5.47. The summed E-state index contributed by atoms with van der Waals surface area (Å²) in [7, 11) is 0. The molecule has 5 rings (SSSR count). The van der Waals surface area contributed by atoms with Crippen molar-refractivity contribution in [1.29, 1.82) is 0 Å². The molecule has 5 aliphatic carbocycles. The summed E-state index contributed by atoms with van der Waals surface area (Å²) >= 11 is 0. The zero-order valence-electron chi connectivity index (χ0n) is 20.1. The van der Waals surface area contributed by atoms with Gasteiger partial charge in [-0.25, -0.2) is 0 Å². The van der Waals surface area contributed by atoms with Gasteiger partial charge in [-0.2, -0.15) is 0 Å². The fraction of sp³-hybridized carbons (Fsp3) is 0.862. The molecule has 0 bridgehead atoms. The summed E-state index contributed by atoms with van der Waals surface area (Å²) in [5, 5.41) is 0. The van der Waals surface area contributed by atoms with E-state index in [-0.39, 0.29) is 0 Å². The van der Waals surface area contributed by atoms with Crippen molar-refractivity contribution in [2.45, 2.75) is 112 Å². The third kappa shape index (κ3) is 2.33. The maximum Gasteiger partial charge on any atom is -0.00535 e. The van der Waals surface area contributed by atoms with Crippen molar-refractivity contribution in [3.8, 4) is 0 Å². The van der Waals surface area contributed by atoms with Crippen molar-refractivity contribution in [3.63, 3.8) is 0 Å². The first kappa shape index (κ1) is 20.4. The van der Waals surface area contributed by atoms with Gasteiger partial charge in [-0.1, -0.05) is 77.7 Å². The van der Waals surface area contributed by atoms with Gasteiger partial charge in [-0.3, -0.25) is 0 Å². The van der Waals surface area contributed by atoms with Crippen LogP contribution in [0, 0.1) is 45.3 Å². The zero-order chi connectivity index (χ0) is 20.7. The molecule has 0 N–H and O–H groups in total. The van der Waals surface area contributed by atoms with Crippen LogP contribution in [0.4, 0.5) is 0 Å². The Balaban J connectivity index is 1.44. The fourth-order valence-electron chi connectivity index (χ4n) is 10.5. The highest BCUT2D eigenvalue weighted by Crippen LogP contribution is 2.82. The minimum atomic E-state index is 0.439. The topological polar surface area (TPSA) is 0 Å². The first-order valence-corrected chi connectivity index (χ1v) is 13.1. The average Bonchev–Trinajstić information content (AvgIpc) is 3.07. The van der Waals surface area contributed by atoms with E-state index in [1.807, 2.05) is 0 Å². The molecule has 29 heavy (non-hydrogen) atoms. The van der Waals surface area contributed by atoms with Gasteiger partial charge in [0, 0.05) is 0 Å². The SMILES string of the molecule is C=C1C=C2CCC3C4CCC5C(C)(CCCCC)C(C)C45CCC3(C)C2(C)CC1. The number of unbranched alkanes of at least 4 members (excludes halogenated alkanes) is 2. The normalized spacial score (nSPS) is 53.3. The van der Waals surface area contributed by atoms with Crippen LogP contribution in [0.5, 0.6) is 0 Å². The molecule has 1 spiro atoms. The van der Waals surface area contributed by atoms with Crippen LogP contribution < -0.4 is 0 Å². The van der Waals surface area contributed by atoms with Crippen molar-refractivity contribution >= 4 is 0 Å². The van der Waals surface area contributed by atoms with Crippen LogP contribution in [0.3, 0.4) is 0 Å². The summed E-state index contributed by atoms with van der Waals surface area (Å²) in [5.74, 6) is 3.97. The Morgan fingerprint density at radius 2 is 1.76 bits per heavy atom. The van der Waals surface area contributed by atoms with Crippen LogP contribution in [-0.4, -0.2) is 0 Å². The monoisotopic (exact) mass is 394 g/mol. The Morgan fingerprint density at radius 3 is 2.52 bits per heavy atom. The third-order valence-corrected chi connectivity index (χ3v) is 12.4. The molecule has 0 amide bonds. The molecule has 0 nitrogen and oxygen atoms in total. The Morgan fingerprint density at radius 1 is 0.966 bits per heavy atom. The van der Waals surface area contributed by atoms with E-state index in [0.717, 1.165) is 23.7 Å². The van der Waals surface area contributed by atoms with E-state index in [1.165, 1.54) is 69.8 Å². The van der Waals surface area contributed by atoms with Gasteiger partial charge in [0.2, 0.25) is 0 Å². The van der Waals surface area contributed by atoms with Crippen LogP contribution in [0.15, 0.2) is 23.8 Å². The van der Waals surface area contributed by atoms with Gasteiger partial charge < -0.3 is 0 Å². The number of hydrogen-bond acceptors (Lipinski definition) is 0. The summed E-state index contributed by atoms with van der Waals surface area (Å²) in [4.78, 5) is 0. The average molecular weight is 395 g/mol. The molecule has 0 aromatic heterocycles. The predicted molar refractivity (Wildman–Crippen MR) is 125 cm³/mol. The smallest absolute Gasteiger partial charge is 0.00535 e. The Hall–Kier alpha value is -0.520. The fourth-order valence-corrected chi connectivity index (χ4v) is 10.5. The molecule has 0 aromatic rings. The van der Waals surface area contributed by atoms with E-state index in [9.17, 15) is 0 Å². The second-order valence-electron chi connectivity index (χ2n) is 12.8. The predicted octanol–water partition coefficient (Wildman–Crippen LogP) is 8.73. The van der Waals surface area contributed by atoms with Gasteiger partial charge in [0.25, 0.3) is 0 Å². The molecular weight excluding hydrogens is 348 g/mol. The second kappa shape index (κ2) is 6.49. The lowest BCUT2D eigenvalue weighted by Crippen LogP contribution is -2.67. The van der Waals surface area contributed by atoms with Gasteiger partial charge in [0.1, 0.15) is 0 Å². The number of hydrogen-bond donors (Lipinski definition) is 0. The van der Waals surface area contributed by atoms with Gasteiger partial charge >= 0.3 is 0 Å². The highest BCUT2D eigenvalue weighted by Gasteiger charge is 2.75. The van der Waals surface area contributed by atoms with Gasteiger partial charge in [0.05, 0.1) is 0 Å². The molecule has 0 heterocycles. The molecule has 162 valence electrons. The molecule has 8 unspecified atom stereocenters. The minimum absolute atomic E-state index is 0.439. The maximum atomic E-state index is 4.33. The lowest BCUT2D eigenvalue weighted by Gasteiger charge is -2.73. The second-order valence-corrected chi connectivity index (χ2v) is 12.8. The first-order valence-electron chi connectivity index (χ1n) is 13.1. The molecule has 0 radical (unpaired) electrons. The van der Waals surface area contributed by atoms with Gasteiger partial charge in [0.15, 0.2) is 0 Å². The van der Waals surface area contributed by atoms with E-state index in [1.54, 1.807) is 18.4 Å². The van der Waals surface area contributed by atoms with Crippen molar-refractivity contribution < 1.29 is 0 Å². The number of fused-ring (bicyclic) bond motifs is 4. The molecule has 0 saturated heterocycles. The first-order chi connectivity index (χ1) is 13.7. The highest BCUT2D eigenvalue weighted by molar-refractivity contribution is 5.36. The molecule has 4 saturated carbocycles. The molecule has 5 aliphatic rings. The van der Waals surface area contributed by atoms with Crippen LogP contribution in [-0.2, 0) is 0 Å². The van der Waals surface area contributed by atoms with E-state index in [4.69, 9.17) is 0 Å². The summed E-state index contributed by atoms with van der Waals surface area (Å²) < 4.78 is 0. The molecule has 0 heteroatoms. The zero-order valence-corrected chi connectivity index (χ0v) is 20.1. The van der Waals surface area contributed by atoms with E-state index >= 15 is 0 Å². The summed E-state index contributed by atoms with van der Waals surface area (Å²) in [6, 6.07) is 0. The van der Waals surface area contributed by atoms with Crippen LogP contribution in [0.1, 0.15) is 112 Å². The Bertz CT molecular complexity index is 728. The Kier molecular flexibility index (Phi) is 4.56. The van der Waals surface area contributed by atoms with Crippen LogP contribution in [0.2, 0.25) is 0 Å². The molecular formula is C29H46. The van der Waals surface area contributed by atoms with Crippen LogP contribution in [0.25, 0.3) is 0 Å². The number of allylic oxidation sites excluding steroid dienone is 3. The van der Waals surface area contributed by atoms with Crippen LogP contribution >= 0.6 is 0 Å². The largest absolute Gasteiger partial charge is 0.0958 e. The maximum absolute atomic E-state index is 4.33. The van der Waals surface area contributed by atoms with Crippen molar-refractivity contribution in [1.82, 2.24) is 0 Å². The molecule has 8 atom stereocenters. The molecule has 0 aliphatic heterocycles. The highest BCUT2D eigenvalue weighted by atomic mass is 14.8. The lowest BCUT2D eigenvalue weighted by atomic mass is 9.31. The van der Waals surface area contributed by atoms with E-state index in [2.05, 4.69) is 47.3 Å². The standard InChI is InChI=1S/C29H46/c1-7-8-9-15-26(4)21(3)29-18-17-28(6)23(24(29)12-13-25(26)29)11-10-22-19-20(2)14-16-27(22,28)5/h19,21,23-25H,2,7-18H2,1,3-6H3. The third-order valence-electron chi connectivity index (χ3n) is 12.4. The Labute approximate surface area is 181 Å². The van der Waals surface area contributed by atoms with Gasteiger partial charge in [-0.15, -0.1) is 0 Å². The lowest BCUT2D eigenvalue weighted by molar-refractivity contribution is -0.246. The van der Waals surface area contributed by atoms with Gasteiger partial charge in [-0.05, 0) is 103 Å². The van der Waals surface area contributed by atoms with Crippen molar-refractivity contribution in [3.05, 3.63) is 23.8 Å².